The number of nitrogens with zero attached hydrogens (tertiary/aromatic N) is 4. The van der Waals surface area contributed by atoms with E-state index < -0.39 is 0 Å². The molecule has 3 saturated heterocycles. The van der Waals surface area contributed by atoms with Gasteiger partial charge in [0, 0.05) is 56.9 Å². The second-order valence-corrected chi connectivity index (χ2v) is 11.6. The molecule has 3 aliphatic heterocycles. The molecular formula is C29H42N6OS. The maximum atomic E-state index is 5.78. The molecule has 0 unspecified atom stereocenters. The summed E-state index contributed by atoms with van der Waals surface area (Å²) in [6.07, 6.45) is 8.13. The van der Waals surface area contributed by atoms with Crippen LogP contribution in [0.25, 0.3) is 0 Å². The van der Waals surface area contributed by atoms with E-state index in [0.717, 1.165) is 63.9 Å². The van der Waals surface area contributed by atoms with E-state index in [-0.39, 0.29) is 5.41 Å². The minimum atomic E-state index is 0.00624. The smallest absolute Gasteiger partial charge is 0.232 e. The van der Waals surface area contributed by atoms with E-state index in [1.165, 1.54) is 37.7 Å². The van der Waals surface area contributed by atoms with Gasteiger partial charge in [0.25, 0.3) is 0 Å². The number of piperidine rings is 2. The maximum absolute atomic E-state index is 5.78. The zero-order valence-electron chi connectivity index (χ0n) is 22.4. The lowest BCUT2D eigenvalue weighted by Crippen LogP contribution is -2.45. The summed E-state index contributed by atoms with van der Waals surface area (Å²) in [5.41, 5.74) is 1.35. The Balaban J connectivity index is 1.34. The molecule has 7 nitrogen and oxygen atoms in total. The minimum absolute atomic E-state index is 0.00624. The molecule has 2 N–H and O–H groups in total. The molecule has 0 bridgehead atoms. The first-order valence-corrected chi connectivity index (χ1v) is 14.5. The molecule has 0 saturated carbocycles. The molecular weight excluding hydrogens is 480 g/mol. The van der Waals surface area contributed by atoms with Crippen molar-refractivity contribution in [2.75, 3.05) is 54.5 Å². The van der Waals surface area contributed by atoms with Crippen LogP contribution in [-0.4, -0.2) is 60.5 Å². The van der Waals surface area contributed by atoms with Crippen molar-refractivity contribution in [2.24, 2.45) is 5.92 Å². The van der Waals surface area contributed by atoms with Gasteiger partial charge in [-0.1, -0.05) is 37.3 Å². The third-order valence-electron chi connectivity index (χ3n) is 8.43. The van der Waals surface area contributed by atoms with E-state index in [2.05, 4.69) is 70.7 Å². The summed E-state index contributed by atoms with van der Waals surface area (Å²) in [5, 5.41) is 7.43. The lowest BCUT2D eigenvalue weighted by molar-refractivity contribution is 0.0515. The van der Waals surface area contributed by atoms with Crippen LogP contribution in [-0.2, 0) is 10.2 Å². The van der Waals surface area contributed by atoms with Crippen LogP contribution in [0.2, 0.25) is 0 Å². The average molecular weight is 523 g/mol. The Hall–Kier alpha value is -2.45. The van der Waals surface area contributed by atoms with Gasteiger partial charge in [0.05, 0.1) is 0 Å². The van der Waals surface area contributed by atoms with Crippen LogP contribution in [0.3, 0.4) is 0 Å². The second kappa shape index (κ2) is 11.9. The summed E-state index contributed by atoms with van der Waals surface area (Å²) < 4.78 is 5.70. The molecule has 8 heteroatoms. The monoisotopic (exact) mass is 522 g/mol. The fourth-order valence-corrected chi connectivity index (χ4v) is 6.30. The van der Waals surface area contributed by atoms with E-state index in [9.17, 15) is 0 Å². The number of anilines is 3. The Morgan fingerprint density at radius 3 is 2.57 bits per heavy atom. The fraction of sp³-hybridized carbons (Fsp3) is 0.621. The van der Waals surface area contributed by atoms with Crippen LogP contribution < -0.4 is 20.4 Å². The number of nitrogens with one attached hydrogen (secondary N) is 2. The first kappa shape index (κ1) is 26.2. The Kier molecular flexibility index (Phi) is 8.45. The van der Waals surface area contributed by atoms with E-state index in [4.69, 9.17) is 26.9 Å². The number of benzene rings is 1. The van der Waals surface area contributed by atoms with Crippen LogP contribution in [0, 0.1) is 5.92 Å². The van der Waals surface area contributed by atoms with Crippen LogP contribution in [0.4, 0.5) is 17.6 Å². The highest BCUT2D eigenvalue weighted by molar-refractivity contribution is 7.80. The number of ether oxygens (including phenoxy) is 1. The van der Waals surface area contributed by atoms with Crippen LogP contribution >= 0.6 is 12.2 Å². The predicted octanol–water partition coefficient (Wildman–Crippen LogP) is 5.13. The Bertz CT molecular complexity index is 1040. The van der Waals surface area contributed by atoms with Gasteiger partial charge in [-0.15, -0.1) is 0 Å². The lowest BCUT2D eigenvalue weighted by atomic mass is 9.74. The second-order valence-electron chi connectivity index (χ2n) is 11.2. The average Bonchev–Trinajstić information content (AvgIpc) is 2.93. The highest BCUT2D eigenvalue weighted by Crippen LogP contribution is 2.34. The van der Waals surface area contributed by atoms with Gasteiger partial charge in [-0.3, -0.25) is 0 Å². The summed E-state index contributed by atoms with van der Waals surface area (Å²) in [6, 6.07) is 13.4. The van der Waals surface area contributed by atoms with E-state index >= 15 is 0 Å². The number of aromatic nitrogens is 2. The number of hydrogen-bond donors (Lipinski definition) is 2. The van der Waals surface area contributed by atoms with Crippen LogP contribution in [0.1, 0.15) is 64.4 Å². The normalized spacial score (nSPS) is 23.9. The summed E-state index contributed by atoms with van der Waals surface area (Å²) >= 11 is 5.78. The summed E-state index contributed by atoms with van der Waals surface area (Å²) in [6.45, 7) is 10.1. The minimum Gasteiger partial charge on any atom is -0.381 e. The number of hydrogen-bond acceptors (Lipinski definition) is 6. The highest BCUT2D eigenvalue weighted by atomic mass is 32.1. The molecule has 0 aliphatic carbocycles. The third-order valence-corrected chi connectivity index (χ3v) is 8.67. The standard InChI is InChI=1S/C29H42N6OS/c1-22-9-8-15-34(20-22)25-19-26(35-16-7-6-10-23(35)2)32-27(31-25)33-28(37)30-21-29(13-17-36-18-14-29)24-11-4-3-5-12-24/h3-5,11-12,19,22-23H,6-10,13-18,20-21H2,1-2H3,(H2,30,31,32,33,37)/t22-,23+/m0/s1. The van der Waals surface area contributed by atoms with Gasteiger partial charge in [-0.05, 0) is 75.6 Å². The van der Waals surface area contributed by atoms with Crippen LogP contribution in [0.15, 0.2) is 36.4 Å². The molecule has 1 aromatic heterocycles. The predicted molar refractivity (Wildman–Crippen MR) is 156 cm³/mol. The molecule has 200 valence electrons. The Morgan fingerprint density at radius 2 is 1.81 bits per heavy atom. The van der Waals surface area contributed by atoms with Gasteiger partial charge in [-0.25, -0.2) is 0 Å². The Morgan fingerprint density at radius 1 is 1.03 bits per heavy atom. The van der Waals surface area contributed by atoms with Gasteiger partial charge in [0.1, 0.15) is 11.6 Å². The van der Waals surface area contributed by atoms with Crippen molar-refractivity contribution in [1.29, 1.82) is 0 Å². The molecule has 2 aromatic rings. The van der Waals surface area contributed by atoms with E-state index in [1.54, 1.807) is 0 Å². The first-order chi connectivity index (χ1) is 18.0. The van der Waals surface area contributed by atoms with Crippen LogP contribution in [0.5, 0.6) is 0 Å². The van der Waals surface area contributed by atoms with Crippen molar-refractivity contribution in [3.8, 4) is 0 Å². The number of thiocarbonyl (C=S) groups is 1. The lowest BCUT2D eigenvalue weighted by Gasteiger charge is -2.38. The molecule has 1 aromatic carbocycles. The SMILES string of the molecule is C[C@H]1CCCN(c2cc(N3CCCC[C@H]3C)nc(NC(=S)NCC3(c4ccccc4)CCOCC3)n2)C1. The molecule has 2 atom stereocenters. The number of rotatable bonds is 6. The molecule has 3 aliphatic rings. The van der Waals surface area contributed by atoms with E-state index in [1.807, 2.05) is 0 Å². The van der Waals surface area contributed by atoms with Crippen molar-refractivity contribution in [3.05, 3.63) is 42.0 Å². The molecule has 37 heavy (non-hydrogen) atoms. The quantitative estimate of drug-likeness (QED) is 0.507. The maximum Gasteiger partial charge on any atom is 0.232 e. The molecule has 4 heterocycles. The zero-order valence-corrected chi connectivity index (χ0v) is 23.2. The zero-order chi connectivity index (χ0) is 25.7. The van der Waals surface area contributed by atoms with Crippen molar-refractivity contribution in [2.45, 2.75) is 70.3 Å². The van der Waals surface area contributed by atoms with Gasteiger partial charge in [-0.2, -0.15) is 9.97 Å². The molecule has 0 spiro atoms. The van der Waals surface area contributed by atoms with Crippen molar-refractivity contribution in [3.63, 3.8) is 0 Å². The molecule has 0 amide bonds. The van der Waals surface area contributed by atoms with Gasteiger partial charge in [0.15, 0.2) is 5.11 Å². The third kappa shape index (κ3) is 6.34. The summed E-state index contributed by atoms with van der Waals surface area (Å²) in [4.78, 5) is 14.8. The van der Waals surface area contributed by atoms with Gasteiger partial charge in [0.2, 0.25) is 5.95 Å². The van der Waals surface area contributed by atoms with Gasteiger partial charge >= 0.3 is 0 Å². The summed E-state index contributed by atoms with van der Waals surface area (Å²) in [7, 11) is 0. The van der Waals surface area contributed by atoms with Crippen molar-refractivity contribution < 1.29 is 4.74 Å². The molecule has 3 fully saturated rings. The Labute approximate surface area is 227 Å². The van der Waals surface area contributed by atoms with Crippen molar-refractivity contribution >= 4 is 34.9 Å². The summed E-state index contributed by atoms with van der Waals surface area (Å²) in [5.74, 6) is 3.27. The highest BCUT2D eigenvalue weighted by Gasteiger charge is 2.34. The molecule has 0 radical (unpaired) electrons. The van der Waals surface area contributed by atoms with Gasteiger partial charge < -0.3 is 25.2 Å². The fourth-order valence-electron chi connectivity index (χ4n) is 6.14. The largest absolute Gasteiger partial charge is 0.381 e. The molecule has 5 rings (SSSR count). The topological polar surface area (TPSA) is 65.5 Å². The van der Waals surface area contributed by atoms with Crippen molar-refractivity contribution in [1.82, 2.24) is 15.3 Å². The first-order valence-electron chi connectivity index (χ1n) is 14.1. The van der Waals surface area contributed by atoms with E-state index in [0.29, 0.717) is 23.0 Å².